The van der Waals surface area contributed by atoms with Crippen LogP contribution in [0.25, 0.3) is 0 Å². The predicted molar refractivity (Wildman–Crippen MR) is 130 cm³/mol. The second-order valence-electron chi connectivity index (χ2n) is 8.69. The van der Waals surface area contributed by atoms with E-state index >= 15 is 0 Å². The highest BCUT2D eigenvalue weighted by molar-refractivity contribution is 6.30. The average Bonchev–Trinajstić information content (AvgIpc) is 2.88. The van der Waals surface area contributed by atoms with E-state index in [2.05, 4.69) is 15.0 Å². The summed E-state index contributed by atoms with van der Waals surface area (Å²) in [5.74, 6) is 0.973. The van der Waals surface area contributed by atoms with Crippen LogP contribution in [0.1, 0.15) is 12.0 Å². The summed E-state index contributed by atoms with van der Waals surface area (Å²) in [7, 11) is 0. The number of rotatable bonds is 4. The summed E-state index contributed by atoms with van der Waals surface area (Å²) in [5, 5.41) is 6.32. The monoisotopic (exact) mass is 534 g/mol. The Morgan fingerprint density at radius 3 is 2.57 bits per heavy atom. The van der Waals surface area contributed by atoms with Gasteiger partial charge in [-0.1, -0.05) is 23.7 Å². The van der Waals surface area contributed by atoms with E-state index in [-0.39, 0.29) is 24.7 Å². The van der Waals surface area contributed by atoms with E-state index in [9.17, 15) is 22.8 Å². The van der Waals surface area contributed by atoms with Crippen LogP contribution in [0.3, 0.4) is 0 Å². The van der Waals surface area contributed by atoms with Gasteiger partial charge in [0.05, 0.1) is 23.7 Å². The number of amides is 1. The molecule has 1 fully saturated rings. The molecular formula is C24H22ClF3N6O3. The van der Waals surface area contributed by atoms with E-state index in [1.807, 2.05) is 11.2 Å². The smallest absolute Gasteiger partial charge is 0.421 e. The van der Waals surface area contributed by atoms with Crippen LogP contribution in [-0.4, -0.2) is 64.8 Å². The number of aromatic amines is 1. The topological polar surface area (TPSA) is 94.7 Å². The Bertz CT molecular complexity index is 1340. The standard InChI is InChI=1S/C24H22ClF3N6O3/c25-15-5-6-20(29-13-15)32-7-9-33(10-8-32)22(35)11-16-14-34(18-3-1-2-4-19(18)37-16)21-12-17(24(26,27)28)23(36)31-30-21/h1-6,12-13,16H,7-11,14H2,(H,31,36)/t16-/m1/s1. The molecule has 3 aromatic rings. The average molecular weight is 535 g/mol. The van der Waals surface area contributed by atoms with Crippen molar-refractivity contribution >= 4 is 34.8 Å². The summed E-state index contributed by atoms with van der Waals surface area (Å²) in [6.07, 6.45) is -3.87. The minimum absolute atomic E-state index is 0.0273. The van der Waals surface area contributed by atoms with Gasteiger partial charge in [0, 0.05) is 38.4 Å². The molecule has 194 valence electrons. The van der Waals surface area contributed by atoms with Crippen LogP contribution in [0.4, 0.5) is 30.5 Å². The van der Waals surface area contributed by atoms with Crippen molar-refractivity contribution in [2.24, 2.45) is 0 Å². The van der Waals surface area contributed by atoms with E-state index < -0.39 is 23.4 Å². The van der Waals surface area contributed by atoms with Gasteiger partial charge in [-0.15, -0.1) is 0 Å². The lowest BCUT2D eigenvalue weighted by molar-refractivity contribution is -0.138. The fraction of sp³-hybridized carbons (Fsp3) is 0.333. The van der Waals surface area contributed by atoms with E-state index in [1.165, 1.54) is 4.90 Å². The number of carbonyl (C=O) groups excluding carboxylic acids is 1. The summed E-state index contributed by atoms with van der Waals surface area (Å²) in [6.45, 7) is 2.26. The molecule has 13 heteroatoms. The Morgan fingerprint density at radius 1 is 1.11 bits per heavy atom. The van der Waals surface area contributed by atoms with Gasteiger partial charge >= 0.3 is 6.18 Å². The van der Waals surface area contributed by atoms with Gasteiger partial charge in [-0.25, -0.2) is 10.1 Å². The van der Waals surface area contributed by atoms with Gasteiger partial charge in [0.15, 0.2) is 5.82 Å². The molecule has 1 atom stereocenters. The van der Waals surface area contributed by atoms with Crippen molar-refractivity contribution in [2.45, 2.75) is 18.7 Å². The molecule has 2 aliphatic heterocycles. The van der Waals surface area contributed by atoms with Crippen LogP contribution < -0.4 is 20.1 Å². The summed E-state index contributed by atoms with van der Waals surface area (Å²) in [5.41, 5.74) is -2.18. The number of pyridine rings is 1. The molecule has 4 heterocycles. The summed E-state index contributed by atoms with van der Waals surface area (Å²) >= 11 is 5.90. The third kappa shape index (κ3) is 5.33. The minimum Gasteiger partial charge on any atom is -0.486 e. The molecule has 2 aliphatic rings. The molecule has 2 aromatic heterocycles. The number of anilines is 3. The van der Waals surface area contributed by atoms with Gasteiger partial charge in [-0.3, -0.25) is 9.59 Å². The zero-order chi connectivity index (χ0) is 26.2. The molecule has 1 amide bonds. The molecule has 0 unspecified atom stereocenters. The number of hydrogen-bond acceptors (Lipinski definition) is 7. The van der Waals surface area contributed by atoms with Crippen molar-refractivity contribution in [3.63, 3.8) is 0 Å². The molecule has 0 aliphatic carbocycles. The van der Waals surface area contributed by atoms with Crippen molar-refractivity contribution in [3.8, 4) is 5.75 Å². The van der Waals surface area contributed by atoms with Gasteiger partial charge in [0.2, 0.25) is 5.91 Å². The molecular weight excluding hydrogens is 513 g/mol. The van der Waals surface area contributed by atoms with Gasteiger partial charge < -0.3 is 19.4 Å². The molecule has 5 rings (SSSR count). The Hall–Kier alpha value is -3.80. The largest absolute Gasteiger partial charge is 0.486 e. The molecule has 0 bridgehead atoms. The number of carbonyl (C=O) groups is 1. The Labute approximate surface area is 214 Å². The van der Waals surface area contributed by atoms with E-state index in [1.54, 1.807) is 41.4 Å². The molecule has 0 saturated carbocycles. The first-order valence-electron chi connectivity index (χ1n) is 11.5. The molecule has 1 saturated heterocycles. The summed E-state index contributed by atoms with van der Waals surface area (Å²) in [6, 6.07) is 11.1. The van der Waals surface area contributed by atoms with E-state index in [4.69, 9.17) is 16.3 Å². The van der Waals surface area contributed by atoms with Gasteiger partial charge in [-0.2, -0.15) is 18.3 Å². The third-order valence-electron chi connectivity index (χ3n) is 6.28. The number of H-pyrrole nitrogens is 1. The fourth-order valence-corrected chi connectivity index (χ4v) is 4.54. The third-order valence-corrected chi connectivity index (χ3v) is 6.50. The molecule has 1 aromatic carbocycles. The van der Waals surface area contributed by atoms with Crippen molar-refractivity contribution in [3.05, 3.63) is 69.6 Å². The van der Waals surface area contributed by atoms with Crippen LogP contribution in [0, 0.1) is 0 Å². The predicted octanol–water partition coefficient (Wildman–Crippen LogP) is 3.48. The maximum Gasteiger partial charge on any atom is 0.421 e. The van der Waals surface area contributed by atoms with E-state index in [0.717, 1.165) is 5.82 Å². The number of para-hydroxylation sites is 2. The number of piperazine rings is 1. The van der Waals surface area contributed by atoms with Crippen LogP contribution >= 0.6 is 11.6 Å². The van der Waals surface area contributed by atoms with Crippen LogP contribution in [0.2, 0.25) is 5.02 Å². The second-order valence-corrected chi connectivity index (χ2v) is 9.13. The zero-order valence-corrected chi connectivity index (χ0v) is 20.2. The minimum atomic E-state index is -4.84. The number of fused-ring (bicyclic) bond motifs is 1. The van der Waals surface area contributed by atoms with Crippen molar-refractivity contribution in [2.75, 3.05) is 42.5 Å². The highest BCUT2D eigenvalue weighted by Crippen LogP contribution is 2.38. The number of nitrogens with zero attached hydrogens (tertiary/aromatic N) is 5. The molecule has 37 heavy (non-hydrogen) atoms. The van der Waals surface area contributed by atoms with Gasteiger partial charge in [0.1, 0.15) is 23.2 Å². The van der Waals surface area contributed by atoms with Gasteiger partial charge in [0.25, 0.3) is 5.56 Å². The van der Waals surface area contributed by atoms with Crippen molar-refractivity contribution < 1.29 is 22.7 Å². The summed E-state index contributed by atoms with van der Waals surface area (Å²) in [4.78, 5) is 34.5. The number of hydrogen-bond donors (Lipinski definition) is 1. The normalized spacial score (nSPS) is 17.8. The SMILES string of the molecule is O=C(C[C@@H]1CN(c2cc(C(F)(F)F)c(=O)[nH]n2)c2ccccc2O1)N1CCN(c2ccc(Cl)cn2)CC1. The highest BCUT2D eigenvalue weighted by atomic mass is 35.5. The Balaban J connectivity index is 1.30. The Morgan fingerprint density at radius 2 is 1.86 bits per heavy atom. The number of alkyl halides is 3. The number of ether oxygens (including phenoxy) is 1. The van der Waals surface area contributed by atoms with E-state index in [0.29, 0.717) is 48.7 Å². The number of benzene rings is 1. The lowest BCUT2D eigenvalue weighted by Gasteiger charge is -2.38. The zero-order valence-electron chi connectivity index (χ0n) is 19.4. The second kappa shape index (κ2) is 9.92. The molecule has 9 nitrogen and oxygen atoms in total. The van der Waals surface area contributed by atoms with Gasteiger partial charge in [-0.05, 0) is 24.3 Å². The summed E-state index contributed by atoms with van der Waals surface area (Å²) < 4.78 is 46.1. The van der Waals surface area contributed by atoms with Crippen molar-refractivity contribution in [1.82, 2.24) is 20.1 Å². The van der Waals surface area contributed by atoms with Crippen molar-refractivity contribution in [1.29, 1.82) is 0 Å². The number of nitrogens with one attached hydrogen (secondary N) is 1. The maximum absolute atomic E-state index is 13.3. The lowest BCUT2D eigenvalue weighted by atomic mass is 10.1. The first-order chi connectivity index (χ1) is 17.7. The first-order valence-corrected chi connectivity index (χ1v) is 11.9. The molecule has 0 spiro atoms. The number of aromatic nitrogens is 3. The maximum atomic E-state index is 13.3. The highest BCUT2D eigenvalue weighted by Gasteiger charge is 2.37. The number of halogens is 4. The lowest BCUT2D eigenvalue weighted by Crippen LogP contribution is -2.50. The first kappa shape index (κ1) is 24.9. The molecule has 1 N–H and O–H groups in total. The fourth-order valence-electron chi connectivity index (χ4n) is 4.43. The quantitative estimate of drug-likeness (QED) is 0.547. The molecule has 0 radical (unpaired) electrons. The Kier molecular flexibility index (Phi) is 6.67. The van der Waals surface area contributed by atoms with Crippen LogP contribution in [-0.2, 0) is 11.0 Å². The van der Waals surface area contributed by atoms with Crippen LogP contribution in [0.5, 0.6) is 5.75 Å². The van der Waals surface area contributed by atoms with Crippen LogP contribution in [0.15, 0.2) is 53.5 Å².